The molecular weight excluding hydrogens is 274 g/mol. The van der Waals surface area contributed by atoms with E-state index in [0.717, 1.165) is 19.3 Å². The van der Waals surface area contributed by atoms with E-state index < -0.39 is 17.5 Å². The molecule has 0 atom stereocenters. The van der Waals surface area contributed by atoms with Crippen molar-refractivity contribution in [1.29, 1.82) is 0 Å². The maximum atomic E-state index is 12.1. The quantitative estimate of drug-likeness (QED) is 0.651. The Balaban J connectivity index is 2.53. The molecule has 0 bridgehead atoms. The number of amides is 3. The molecule has 3 amide bonds. The van der Waals surface area contributed by atoms with Crippen LogP contribution in [-0.4, -0.2) is 53.6 Å². The molecule has 0 heterocycles. The molecule has 0 aromatic rings. The zero-order chi connectivity index (χ0) is 15.9. The fraction of sp³-hybridized carbons (Fsp3) is 0.786. The van der Waals surface area contributed by atoms with E-state index in [4.69, 9.17) is 5.11 Å². The molecule has 1 aliphatic rings. The highest BCUT2D eigenvalue weighted by Crippen LogP contribution is 2.32. The van der Waals surface area contributed by atoms with E-state index in [0.29, 0.717) is 19.4 Å². The summed E-state index contributed by atoms with van der Waals surface area (Å²) in [4.78, 5) is 36.0. The number of nitrogens with zero attached hydrogens (tertiary/aromatic N) is 1. The highest BCUT2D eigenvalue weighted by molar-refractivity contribution is 5.84. The summed E-state index contributed by atoms with van der Waals surface area (Å²) in [5.41, 5.74) is -0.670. The van der Waals surface area contributed by atoms with Gasteiger partial charge in [0.1, 0.15) is 6.54 Å². The van der Waals surface area contributed by atoms with Crippen LogP contribution < -0.4 is 10.6 Å². The number of carbonyl (C=O) groups excluding carboxylic acids is 2. The first-order valence-corrected chi connectivity index (χ1v) is 7.40. The maximum absolute atomic E-state index is 12.1. The van der Waals surface area contributed by atoms with Crippen LogP contribution in [0.15, 0.2) is 0 Å². The molecule has 1 aliphatic carbocycles. The summed E-state index contributed by atoms with van der Waals surface area (Å²) < 4.78 is 0. The molecule has 0 unspecified atom stereocenters. The number of carboxylic acid groups (broad SMARTS) is 1. The predicted molar refractivity (Wildman–Crippen MR) is 77.9 cm³/mol. The molecule has 0 aromatic heterocycles. The summed E-state index contributed by atoms with van der Waals surface area (Å²) in [6, 6.07) is -0.398. The molecule has 7 nitrogen and oxygen atoms in total. The van der Waals surface area contributed by atoms with Gasteiger partial charge in [-0.15, -0.1) is 0 Å². The number of nitrogens with one attached hydrogen (secondary N) is 2. The first-order valence-electron chi connectivity index (χ1n) is 7.40. The molecule has 1 rings (SSSR count). The largest absolute Gasteiger partial charge is 0.481 e. The van der Waals surface area contributed by atoms with Crippen molar-refractivity contribution in [3.05, 3.63) is 0 Å². The number of aliphatic carboxylic acids is 1. The van der Waals surface area contributed by atoms with Crippen LogP contribution in [0.4, 0.5) is 4.79 Å². The first-order chi connectivity index (χ1) is 9.88. The SMILES string of the molecule is CCCNC(=O)CN(C)C(=O)NC1(CC(=O)O)CCCC1. The predicted octanol–water partition coefficient (Wildman–Crippen LogP) is 0.941. The lowest BCUT2D eigenvalue weighted by Gasteiger charge is -2.31. The third kappa shape index (κ3) is 5.61. The Kier molecular flexibility index (Phi) is 6.45. The molecule has 1 saturated carbocycles. The summed E-state index contributed by atoms with van der Waals surface area (Å²) in [6.45, 7) is 2.50. The number of likely N-dealkylation sites (N-methyl/N-ethyl adjacent to an activating group) is 1. The normalized spacial score (nSPS) is 16.3. The Bertz CT molecular complexity index is 392. The Hall–Kier alpha value is -1.79. The first kappa shape index (κ1) is 17.3. The summed E-state index contributed by atoms with van der Waals surface area (Å²) >= 11 is 0. The number of urea groups is 1. The Labute approximate surface area is 125 Å². The van der Waals surface area contributed by atoms with Crippen LogP contribution in [0.1, 0.15) is 45.4 Å². The monoisotopic (exact) mass is 299 g/mol. The second-order valence-corrected chi connectivity index (χ2v) is 5.69. The van der Waals surface area contributed by atoms with Crippen molar-refractivity contribution in [3.8, 4) is 0 Å². The summed E-state index contributed by atoms with van der Waals surface area (Å²) in [5.74, 6) is -1.13. The fourth-order valence-electron chi connectivity index (χ4n) is 2.62. The van der Waals surface area contributed by atoms with Crippen molar-refractivity contribution in [2.24, 2.45) is 0 Å². The minimum atomic E-state index is -0.916. The van der Waals surface area contributed by atoms with Crippen molar-refractivity contribution in [1.82, 2.24) is 15.5 Å². The van der Waals surface area contributed by atoms with Gasteiger partial charge in [-0.2, -0.15) is 0 Å². The lowest BCUT2D eigenvalue weighted by Crippen LogP contribution is -2.53. The standard InChI is InChI=1S/C14H25N3O4/c1-3-8-15-11(18)10-17(2)13(21)16-14(9-12(19)20)6-4-5-7-14/h3-10H2,1-2H3,(H,15,18)(H,16,21)(H,19,20). The molecular formula is C14H25N3O4. The van der Waals surface area contributed by atoms with Gasteiger partial charge in [0.05, 0.1) is 12.0 Å². The van der Waals surface area contributed by atoms with Crippen molar-refractivity contribution in [2.75, 3.05) is 20.1 Å². The van der Waals surface area contributed by atoms with Gasteiger partial charge in [0, 0.05) is 13.6 Å². The minimum Gasteiger partial charge on any atom is -0.481 e. The second-order valence-electron chi connectivity index (χ2n) is 5.69. The minimum absolute atomic E-state index is 0.0328. The molecule has 120 valence electrons. The number of rotatable bonds is 7. The van der Waals surface area contributed by atoms with Crippen LogP contribution in [0.2, 0.25) is 0 Å². The van der Waals surface area contributed by atoms with Gasteiger partial charge in [-0.1, -0.05) is 19.8 Å². The van der Waals surface area contributed by atoms with Crippen LogP contribution >= 0.6 is 0 Å². The molecule has 3 N–H and O–H groups in total. The zero-order valence-corrected chi connectivity index (χ0v) is 12.8. The molecule has 0 saturated heterocycles. The van der Waals surface area contributed by atoms with Crippen LogP contribution in [0, 0.1) is 0 Å². The maximum Gasteiger partial charge on any atom is 0.318 e. The van der Waals surface area contributed by atoms with E-state index in [2.05, 4.69) is 10.6 Å². The molecule has 7 heteroatoms. The van der Waals surface area contributed by atoms with Crippen LogP contribution in [0.3, 0.4) is 0 Å². The van der Waals surface area contributed by atoms with E-state index >= 15 is 0 Å². The van der Waals surface area contributed by atoms with Crippen molar-refractivity contribution in [2.45, 2.75) is 51.0 Å². The molecule has 0 spiro atoms. The second kappa shape index (κ2) is 7.85. The average Bonchev–Trinajstić information content (AvgIpc) is 2.83. The van der Waals surface area contributed by atoms with Crippen molar-refractivity contribution in [3.63, 3.8) is 0 Å². The summed E-state index contributed by atoms with van der Waals surface area (Å²) in [5, 5.41) is 14.5. The molecule has 0 radical (unpaired) electrons. The Morgan fingerprint density at radius 1 is 1.24 bits per heavy atom. The van der Waals surface area contributed by atoms with E-state index in [-0.39, 0.29) is 18.9 Å². The third-order valence-electron chi connectivity index (χ3n) is 3.72. The van der Waals surface area contributed by atoms with Crippen LogP contribution in [0.5, 0.6) is 0 Å². The molecule has 0 aromatic carbocycles. The van der Waals surface area contributed by atoms with E-state index in [1.807, 2.05) is 6.92 Å². The van der Waals surface area contributed by atoms with Gasteiger partial charge in [0.15, 0.2) is 0 Å². The van der Waals surface area contributed by atoms with Gasteiger partial charge >= 0.3 is 12.0 Å². The van der Waals surface area contributed by atoms with Crippen molar-refractivity contribution >= 4 is 17.9 Å². The number of carbonyl (C=O) groups is 3. The van der Waals surface area contributed by atoms with E-state index in [1.54, 1.807) is 0 Å². The molecule has 1 fully saturated rings. The smallest absolute Gasteiger partial charge is 0.318 e. The van der Waals surface area contributed by atoms with Gasteiger partial charge in [0.25, 0.3) is 0 Å². The van der Waals surface area contributed by atoms with E-state index in [9.17, 15) is 14.4 Å². The highest BCUT2D eigenvalue weighted by Gasteiger charge is 2.38. The van der Waals surface area contributed by atoms with Gasteiger partial charge in [0.2, 0.25) is 5.91 Å². The lowest BCUT2D eigenvalue weighted by molar-refractivity contribution is -0.138. The molecule has 0 aliphatic heterocycles. The van der Waals surface area contributed by atoms with E-state index in [1.165, 1.54) is 11.9 Å². The van der Waals surface area contributed by atoms with Crippen LogP contribution in [0.25, 0.3) is 0 Å². The molecule has 21 heavy (non-hydrogen) atoms. The number of hydrogen-bond acceptors (Lipinski definition) is 3. The fourth-order valence-corrected chi connectivity index (χ4v) is 2.62. The van der Waals surface area contributed by atoms with Crippen LogP contribution in [-0.2, 0) is 9.59 Å². The van der Waals surface area contributed by atoms with Gasteiger partial charge < -0.3 is 20.6 Å². The van der Waals surface area contributed by atoms with Gasteiger partial charge in [-0.3, -0.25) is 9.59 Å². The summed E-state index contributed by atoms with van der Waals surface area (Å²) in [7, 11) is 1.53. The highest BCUT2D eigenvalue weighted by atomic mass is 16.4. The Morgan fingerprint density at radius 3 is 2.38 bits per heavy atom. The summed E-state index contributed by atoms with van der Waals surface area (Å²) in [6.07, 6.45) is 3.92. The van der Waals surface area contributed by atoms with Gasteiger partial charge in [-0.05, 0) is 19.3 Å². The third-order valence-corrected chi connectivity index (χ3v) is 3.72. The number of hydrogen-bond donors (Lipinski definition) is 3. The van der Waals surface area contributed by atoms with Crippen molar-refractivity contribution < 1.29 is 19.5 Å². The number of carboxylic acids is 1. The average molecular weight is 299 g/mol. The zero-order valence-electron chi connectivity index (χ0n) is 12.8. The lowest BCUT2D eigenvalue weighted by atomic mass is 9.93. The topological polar surface area (TPSA) is 98.7 Å². The Morgan fingerprint density at radius 2 is 1.86 bits per heavy atom. The van der Waals surface area contributed by atoms with Gasteiger partial charge in [-0.25, -0.2) is 4.79 Å².